The molecule has 21 heavy (non-hydrogen) atoms. The van der Waals surface area contributed by atoms with Crippen molar-refractivity contribution in [3.63, 3.8) is 0 Å². The van der Waals surface area contributed by atoms with Crippen LogP contribution in [0.3, 0.4) is 0 Å². The van der Waals surface area contributed by atoms with E-state index in [9.17, 15) is 14.4 Å². The van der Waals surface area contributed by atoms with Gasteiger partial charge in [-0.2, -0.15) is 0 Å². The van der Waals surface area contributed by atoms with Crippen molar-refractivity contribution < 1.29 is 14.4 Å². The third-order valence-electron chi connectivity index (χ3n) is 3.25. The van der Waals surface area contributed by atoms with Gasteiger partial charge in [0.2, 0.25) is 5.91 Å². The predicted molar refractivity (Wildman–Crippen MR) is 77.7 cm³/mol. The highest BCUT2D eigenvalue weighted by Gasteiger charge is 2.35. The molecule has 0 radical (unpaired) electrons. The van der Waals surface area contributed by atoms with E-state index in [0.29, 0.717) is 17.7 Å². The first-order valence-corrected chi connectivity index (χ1v) is 6.95. The van der Waals surface area contributed by atoms with Crippen LogP contribution in [0, 0.1) is 0 Å². The number of rotatable bonds is 6. The van der Waals surface area contributed by atoms with Crippen molar-refractivity contribution in [3.8, 4) is 0 Å². The second kappa shape index (κ2) is 6.49. The molecule has 0 saturated carbocycles. The van der Waals surface area contributed by atoms with Crippen molar-refractivity contribution in [2.75, 3.05) is 26.8 Å². The highest BCUT2D eigenvalue weighted by atomic mass is 16.2. The first-order valence-electron chi connectivity index (χ1n) is 6.95. The van der Waals surface area contributed by atoms with E-state index in [4.69, 9.17) is 0 Å². The molecule has 0 saturated heterocycles. The maximum Gasteiger partial charge on any atom is 0.262 e. The van der Waals surface area contributed by atoms with E-state index in [-0.39, 0.29) is 30.9 Å². The zero-order chi connectivity index (χ0) is 15.4. The number of carbonyl (C=O) groups excluding carboxylic acids is 3. The van der Waals surface area contributed by atoms with Crippen molar-refractivity contribution in [1.82, 2.24) is 15.1 Å². The van der Waals surface area contributed by atoms with Crippen LogP contribution < -0.4 is 5.32 Å². The number of likely N-dealkylation sites (N-methyl/N-ethyl adjacent to an activating group) is 1. The van der Waals surface area contributed by atoms with Gasteiger partial charge in [0.05, 0.1) is 24.3 Å². The van der Waals surface area contributed by atoms with Crippen LogP contribution in [0.15, 0.2) is 24.3 Å². The molecule has 3 amide bonds. The van der Waals surface area contributed by atoms with E-state index >= 15 is 0 Å². The Hall–Kier alpha value is -2.21. The van der Waals surface area contributed by atoms with E-state index in [1.807, 2.05) is 6.92 Å². The molecule has 1 aliphatic heterocycles. The largest absolute Gasteiger partial charge is 0.355 e. The van der Waals surface area contributed by atoms with E-state index in [1.54, 1.807) is 36.2 Å². The molecule has 0 spiro atoms. The molecule has 6 nitrogen and oxygen atoms in total. The third-order valence-corrected chi connectivity index (χ3v) is 3.25. The molecule has 1 N–H and O–H groups in total. The molecular formula is C15H19N3O3. The van der Waals surface area contributed by atoms with E-state index in [1.165, 1.54) is 0 Å². The Labute approximate surface area is 123 Å². The van der Waals surface area contributed by atoms with Crippen LogP contribution in [0.4, 0.5) is 0 Å². The van der Waals surface area contributed by atoms with Crippen molar-refractivity contribution in [3.05, 3.63) is 35.4 Å². The van der Waals surface area contributed by atoms with Gasteiger partial charge in [0.1, 0.15) is 0 Å². The first-order chi connectivity index (χ1) is 10.0. The fourth-order valence-corrected chi connectivity index (χ4v) is 2.22. The van der Waals surface area contributed by atoms with Crippen LogP contribution in [-0.4, -0.2) is 54.3 Å². The molecule has 1 heterocycles. The lowest BCUT2D eigenvalue weighted by molar-refractivity contribution is -0.122. The van der Waals surface area contributed by atoms with E-state index in [2.05, 4.69) is 5.32 Å². The van der Waals surface area contributed by atoms with Gasteiger partial charge >= 0.3 is 0 Å². The Kier molecular flexibility index (Phi) is 4.70. The zero-order valence-corrected chi connectivity index (χ0v) is 12.3. The topological polar surface area (TPSA) is 69.7 Å². The van der Waals surface area contributed by atoms with Gasteiger partial charge in [-0.25, -0.2) is 0 Å². The minimum Gasteiger partial charge on any atom is -0.355 e. The SMILES string of the molecule is CCCNC(=O)CN(C)CN1C(=O)c2ccccc2C1=O. The number of nitrogens with zero attached hydrogens (tertiary/aromatic N) is 2. The van der Waals surface area contributed by atoms with Gasteiger partial charge in [-0.3, -0.25) is 24.2 Å². The summed E-state index contributed by atoms with van der Waals surface area (Å²) in [6, 6.07) is 6.75. The quantitative estimate of drug-likeness (QED) is 0.783. The number of hydrogen-bond donors (Lipinski definition) is 1. The maximum absolute atomic E-state index is 12.2. The van der Waals surface area contributed by atoms with Gasteiger partial charge in [0, 0.05) is 6.54 Å². The lowest BCUT2D eigenvalue weighted by Gasteiger charge is -2.22. The van der Waals surface area contributed by atoms with E-state index < -0.39 is 0 Å². The molecule has 0 bridgehead atoms. The number of hydrogen-bond acceptors (Lipinski definition) is 4. The summed E-state index contributed by atoms with van der Waals surface area (Å²) < 4.78 is 0. The van der Waals surface area contributed by atoms with Gasteiger partial charge in [0.25, 0.3) is 11.8 Å². The Balaban J connectivity index is 1.97. The number of benzene rings is 1. The van der Waals surface area contributed by atoms with E-state index in [0.717, 1.165) is 11.3 Å². The molecule has 0 aliphatic carbocycles. The molecular weight excluding hydrogens is 270 g/mol. The molecule has 1 aromatic rings. The minimum absolute atomic E-state index is 0.103. The zero-order valence-electron chi connectivity index (χ0n) is 12.3. The second-order valence-corrected chi connectivity index (χ2v) is 5.09. The van der Waals surface area contributed by atoms with Crippen molar-refractivity contribution in [2.24, 2.45) is 0 Å². The summed E-state index contributed by atoms with van der Waals surface area (Å²) in [7, 11) is 1.70. The van der Waals surface area contributed by atoms with Crippen LogP contribution in [0.25, 0.3) is 0 Å². The summed E-state index contributed by atoms with van der Waals surface area (Å²) >= 11 is 0. The van der Waals surface area contributed by atoms with Gasteiger partial charge in [-0.05, 0) is 25.6 Å². The summed E-state index contributed by atoms with van der Waals surface area (Å²) in [6.45, 7) is 2.85. The average Bonchev–Trinajstić information content (AvgIpc) is 2.71. The summed E-state index contributed by atoms with van der Waals surface area (Å²) in [6.07, 6.45) is 0.869. The van der Waals surface area contributed by atoms with Crippen molar-refractivity contribution in [1.29, 1.82) is 0 Å². The molecule has 112 valence electrons. The predicted octanol–water partition coefficient (Wildman–Crippen LogP) is 0.698. The summed E-state index contributed by atoms with van der Waals surface area (Å²) in [5, 5.41) is 2.76. The van der Waals surface area contributed by atoms with Crippen LogP contribution in [-0.2, 0) is 4.79 Å². The fraction of sp³-hybridized carbons (Fsp3) is 0.400. The second-order valence-electron chi connectivity index (χ2n) is 5.09. The Bertz CT molecular complexity index is 536. The lowest BCUT2D eigenvalue weighted by atomic mass is 10.1. The van der Waals surface area contributed by atoms with Crippen LogP contribution in [0.2, 0.25) is 0 Å². The Morgan fingerprint density at radius 2 is 1.76 bits per heavy atom. The number of amides is 3. The molecule has 0 fully saturated rings. The van der Waals surface area contributed by atoms with Gasteiger partial charge < -0.3 is 5.32 Å². The third kappa shape index (κ3) is 3.28. The molecule has 2 rings (SSSR count). The number of carbonyl (C=O) groups is 3. The highest BCUT2D eigenvalue weighted by molar-refractivity contribution is 6.21. The summed E-state index contributed by atoms with van der Waals surface area (Å²) in [4.78, 5) is 38.8. The molecule has 0 unspecified atom stereocenters. The molecule has 6 heteroatoms. The molecule has 0 atom stereocenters. The standard InChI is InChI=1S/C15H19N3O3/c1-3-8-16-13(19)9-17(2)10-18-14(20)11-6-4-5-7-12(11)15(18)21/h4-7H,3,8-10H2,1-2H3,(H,16,19). The highest BCUT2D eigenvalue weighted by Crippen LogP contribution is 2.22. The van der Waals surface area contributed by atoms with Crippen molar-refractivity contribution >= 4 is 17.7 Å². The summed E-state index contributed by atoms with van der Waals surface area (Å²) in [5.41, 5.74) is 0.845. The minimum atomic E-state index is -0.309. The maximum atomic E-state index is 12.2. The fourth-order valence-electron chi connectivity index (χ4n) is 2.22. The molecule has 1 aromatic carbocycles. The number of nitrogens with one attached hydrogen (secondary N) is 1. The summed E-state index contributed by atoms with van der Waals surface area (Å²) in [5.74, 6) is -0.733. The normalized spacial score (nSPS) is 13.8. The monoisotopic (exact) mass is 289 g/mol. The van der Waals surface area contributed by atoms with Gasteiger partial charge in [-0.15, -0.1) is 0 Å². The Morgan fingerprint density at radius 1 is 1.19 bits per heavy atom. The first kappa shape index (κ1) is 15.2. The van der Waals surface area contributed by atoms with Gasteiger partial charge in [0.15, 0.2) is 0 Å². The van der Waals surface area contributed by atoms with Crippen LogP contribution >= 0.6 is 0 Å². The molecule has 0 aromatic heterocycles. The average molecular weight is 289 g/mol. The lowest BCUT2D eigenvalue weighted by Crippen LogP contribution is -2.43. The Morgan fingerprint density at radius 3 is 2.29 bits per heavy atom. The van der Waals surface area contributed by atoms with Crippen LogP contribution in [0.1, 0.15) is 34.1 Å². The van der Waals surface area contributed by atoms with Crippen LogP contribution in [0.5, 0.6) is 0 Å². The van der Waals surface area contributed by atoms with Crippen molar-refractivity contribution in [2.45, 2.75) is 13.3 Å². The molecule has 1 aliphatic rings. The van der Waals surface area contributed by atoms with Gasteiger partial charge in [-0.1, -0.05) is 19.1 Å². The smallest absolute Gasteiger partial charge is 0.262 e. The number of imide groups is 1. The number of fused-ring (bicyclic) bond motifs is 1.